The molecule has 0 unspecified atom stereocenters. The molecule has 0 aliphatic rings. The summed E-state index contributed by atoms with van der Waals surface area (Å²) in [6.45, 7) is 5.58. The number of hydrogen-bond acceptors (Lipinski definition) is 3. The number of aromatic nitrogens is 3. The molecule has 0 radical (unpaired) electrons. The number of amides is 1. The molecule has 1 amide bonds. The van der Waals surface area contributed by atoms with Crippen LogP contribution in [0.3, 0.4) is 0 Å². The lowest BCUT2D eigenvalue weighted by Gasteiger charge is -1.98. The van der Waals surface area contributed by atoms with Crippen molar-refractivity contribution in [1.29, 1.82) is 0 Å². The zero-order valence-corrected chi connectivity index (χ0v) is 8.56. The van der Waals surface area contributed by atoms with Gasteiger partial charge < -0.3 is 5.32 Å². The number of carbonyl (C=O) groups excluding carboxylic acids is 1. The summed E-state index contributed by atoms with van der Waals surface area (Å²) >= 11 is 5.48. The Balaban J connectivity index is 2.56. The van der Waals surface area contributed by atoms with E-state index in [1.54, 1.807) is 0 Å². The van der Waals surface area contributed by atoms with Gasteiger partial charge in [-0.1, -0.05) is 25.1 Å². The summed E-state index contributed by atoms with van der Waals surface area (Å²) in [4.78, 5) is 15.3. The second-order valence-electron chi connectivity index (χ2n) is 2.66. The van der Waals surface area contributed by atoms with Crippen molar-refractivity contribution >= 4 is 17.5 Å². The predicted octanol–water partition coefficient (Wildman–Crippen LogP) is 0.849. The minimum Gasteiger partial charge on any atom is -0.344 e. The highest BCUT2D eigenvalue weighted by Gasteiger charge is 2.10. The van der Waals surface area contributed by atoms with Crippen LogP contribution in [0.15, 0.2) is 11.6 Å². The van der Waals surface area contributed by atoms with Crippen molar-refractivity contribution in [2.45, 2.75) is 13.3 Å². The van der Waals surface area contributed by atoms with Gasteiger partial charge in [-0.25, -0.2) is 4.98 Å². The molecule has 76 valence electrons. The van der Waals surface area contributed by atoms with Crippen molar-refractivity contribution in [3.8, 4) is 0 Å². The van der Waals surface area contributed by atoms with Gasteiger partial charge in [0.1, 0.15) is 5.82 Å². The van der Waals surface area contributed by atoms with Crippen LogP contribution in [-0.4, -0.2) is 27.6 Å². The smallest absolute Gasteiger partial charge is 0.291 e. The molecule has 1 aromatic rings. The summed E-state index contributed by atoms with van der Waals surface area (Å²) < 4.78 is 0. The van der Waals surface area contributed by atoms with Crippen molar-refractivity contribution in [3.63, 3.8) is 0 Å². The predicted molar refractivity (Wildman–Crippen MR) is 53.1 cm³/mol. The number of hydrogen-bond donors (Lipinski definition) is 2. The van der Waals surface area contributed by atoms with Gasteiger partial charge in [-0.3, -0.25) is 9.89 Å². The maximum atomic E-state index is 11.3. The Kier molecular flexibility index (Phi) is 3.64. The van der Waals surface area contributed by atoms with Crippen LogP contribution in [0, 0.1) is 0 Å². The van der Waals surface area contributed by atoms with Crippen LogP contribution in [0.5, 0.6) is 0 Å². The third kappa shape index (κ3) is 2.85. The third-order valence-electron chi connectivity index (χ3n) is 1.51. The Morgan fingerprint density at radius 1 is 1.71 bits per heavy atom. The molecule has 14 heavy (non-hydrogen) atoms. The van der Waals surface area contributed by atoms with E-state index in [0.29, 0.717) is 17.3 Å². The average molecular weight is 215 g/mol. The number of nitrogens with zero attached hydrogens (tertiary/aromatic N) is 2. The minimum absolute atomic E-state index is 0.125. The fourth-order valence-electron chi connectivity index (χ4n) is 0.810. The first-order valence-corrected chi connectivity index (χ1v) is 4.54. The largest absolute Gasteiger partial charge is 0.344 e. The molecule has 0 saturated carbocycles. The quantitative estimate of drug-likeness (QED) is 0.781. The molecule has 5 nitrogen and oxygen atoms in total. The van der Waals surface area contributed by atoms with Crippen molar-refractivity contribution in [2.75, 3.05) is 6.54 Å². The van der Waals surface area contributed by atoms with Gasteiger partial charge in [-0.2, -0.15) is 0 Å². The first-order valence-electron chi connectivity index (χ1n) is 4.16. The molecule has 1 aromatic heterocycles. The Hall–Kier alpha value is -1.36. The first kappa shape index (κ1) is 10.7. The zero-order chi connectivity index (χ0) is 10.6. The van der Waals surface area contributed by atoms with Gasteiger partial charge in [0.25, 0.3) is 5.91 Å². The molecule has 0 aliphatic heterocycles. The molecule has 0 saturated heterocycles. The molecule has 0 bridgehead atoms. The standard InChI is InChI=1S/C8H11ClN4O/c1-3-6-11-7(13-12-6)8(14)10-4-5(2)9/h2-4H2,1H3,(H,10,14)(H,11,12,13). The van der Waals surface area contributed by atoms with Gasteiger partial charge >= 0.3 is 0 Å². The number of aryl methyl sites for hydroxylation is 1. The summed E-state index contributed by atoms with van der Waals surface area (Å²) in [6, 6.07) is 0. The molecule has 0 atom stereocenters. The normalized spacial score (nSPS) is 9.86. The Labute approximate surface area is 86.6 Å². The molecule has 0 fully saturated rings. The third-order valence-corrected chi connectivity index (χ3v) is 1.64. The monoisotopic (exact) mass is 214 g/mol. The van der Waals surface area contributed by atoms with Gasteiger partial charge in [-0.05, 0) is 0 Å². The fourth-order valence-corrected chi connectivity index (χ4v) is 0.877. The van der Waals surface area contributed by atoms with Crippen LogP contribution >= 0.6 is 11.6 Å². The van der Waals surface area contributed by atoms with Crippen molar-refractivity contribution in [3.05, 3.63) is 23.3 Å². The summed E-state index contributed by atoms with van der Waals surface area (Å²) in [5.41, 5.74) is 0. The summed E-state index contributed by atoms with van der Waals surface area (Å²) in [5.74, 6) is 0.447. The summed E-state index contributed by atoms with van der Waals surface area (Å²) in [5, 5.41) is 9.28. The number of rotatable bonds is 4. The Morgan fingerprint density at radius 2 is 2.43 bits per heavy atom. The molecule has 0 aliphatic carbocycles. The molecule has 6 heteroatoms. The molecule has 1 heterocycles. The van der Waals surface area contributed by atoms with Crippen LogP contribution in [0.2, 0.25) is 0 Å². The lowest BCUT2D eigenvalue weighted by molar-refractivity contribution is 0.0947. The molecule has 1 rings (SSSR count). The van der Waals surface area contributed by atoms with E-state index in [2.05, 4.69) is 27.1 Å². The Bertz CT molecular complexity index is 347. The topological polar surface area (TPSA) is 70.7 Å². The lowest BCUT2D eigenvalue weighted by atomic mass is 10.4. The number of halogens is 1. The minimum atomic E-state index is -0.359. The molecule has 0 aromatic carbocycles. The van der Waals surface area contributed by atoms with Crippen molar-refractivity contribution in [2.24, 2.45) is 0 Å². The van der Waals surface area contributed by atoms with E-state index < -0.39 is 0 Å². The molecule has 2 N–H and O–H groups in total. The van der Waals surface area contributed by atoms with E-state index in [1.165, 1.54) is 0 Å². The second-order valence-corrected chi connectivity index (χ2v) is 3.19. The van der Waals surface area contributed by atoms with Crippen LogP contribution < -0.4 is 5.32 Å². The van der Waals surface area contributed by atoms with Crippen molar-refractivity contribution in [1.82, 2.24) is 20.5 Å². The maximum Gasteiger partial charge on any atom is 0.291 e. The van der Waals surface area contributed by atoms with Gasteiger partial charge in [0.2, 0.25) is 5.82 Å². The number of H-pyrrole nitrogens is 1. The molecular formula is C8H11ClN4O. The summed E-state index contributed by atoms with van der Waals surface area (Å²) in [6.07, 6.45) is 0.711. The average Bonchev–Trinajstić information content (AvgIpc) is 2.62. The van der Waals surface area contributed by atoms with Gasteiger partial charge in [-0.15, -0.1) is 5.10 Å². The number of nitrogens with one attached hydrogen (secondary N) is 2. The number of aromatic amines is 1. The highest BCUT2D eigenvalue weighted by molar-refractivity contribution is 6.29. The van der Waals surface area contributed by atoms with E-state index in [9.17, 15) is 4.79 Å². The van der Waals surface area contributed by atoms with Gasteiger partial charge in [0, 0.05) is 11.5 Å². The van der Waals surface area contributed by atoms with E-state index in [1.807, 2.05) is 6.92 Å². The van der Waals surface area contributed by atoms with Crippen LogP contribution in [-0.2, 0) is 6.42 Å². The SMILES string of the molecule is C=C(Cl)CNC(=O)c1n[nH]c(CC)n1. The van der Waals surface area contributed by atoms with Crippen LogP contribution in [0.1, 0.15) is 23.4 Å². The van der Waals surface area contributed by atoms with Gasteiger partial charge in [0.15, 0.2) is 0 Å². The Morgan fingerprint density at radius 3 is 2.93 bits per heavy atom. The number of carbonyl (C=O) groups is 1. The lowest BCUT2D eigenvalue weighted by Crippen LogP contribution is -2.25. The summed E-state index contributed by atoms with van der Waals surface area (Å²) in [7, 11) is 0. The van der Waals surface area contributed by atoms with E-state index in [4.69, 9.17) is 11.6 Å². The van der Waals surface area contributed by atoms with Crippen LogP contribution in [0.4, 0.5) is 0 Å². The molecule has 0 spiro atoms. The first-order chi connectivity index (χ1) is 6.63. The van der Waals surface area contributed by atoms with E-state index >= 15 is 0 Å². The highest BCUT2D eigenvalue weighted by Crippen LogP contribution is 1.96. The zero-order valence-electron chi connectivity index (χ0n) is 7.80. The van der Waals surface area contributed by atoms with Crippen LogP contribution in [0.25, 0.3) is 0 Å². The molecular weight excluding hydrogens is 204 g/mol. The van der Waals surface area contributed by atoms with E-state index in [-0.39, 0.29) is 18.3 Å². The fraction of sp³-hybridized carbons (Fsp3) is 0.375. The highest BCUT2D eigenvalue weighted by atomic mass is 35.5. The van der Waals surface area contributed by atoms with E-state index in [0.717, 1.165) is 0 Å². The van der Waals surface area contributed by atoms with Gasteiger partial charge in [0.05, 0.1) is 6.54 Å². The van der Waals surface area contributed by atoms with Crippen molar-refractivity contribution < 1.29 is 4.79 Å². The maximum absolute atomic E-state index is 11.3. The second kappa shape index (κ2) is 4.76.